The summed E-state index contributed by atoms with van der Waals surface area (Å²) < 4.78 is 6.58. The van der Waals surface area contributed by atoms with Crippen molar-refractivity contribution in [1.29, 1.82) is 0 Å². The summed E-state index contributed by atoms with van der Waals surface area (Å²) in [5, 5.41) is 5.03. The summed E-state index contributed by atoms with van der Waals surface area (Å²) in [5.74, 6) is 1.98. The van der Waals surface area contributed by atoms with Crippen molar-refractivity contribution >= 4 is 17.7 Å². The second kappa shape index (κ2) is 7.98. The molecule has 0 unspecified atom stereocenters. The maximum atomic E-state index is 12.2. The molecule has 0 saturated heterocycles. The Morgan fingerprint density at radius 1 is 1.12 bits per heavy atom. The molecule has 0 atom stereocenters. The van der Waals surface area contributed by atoms with Gasteiger partial charge in [0.25, 0.3) is 0 Å². The Kier molecular flexibility index (Phi) is 5.50. The van der Waals surface area contributed by atoms with Crippen LogP contribution < -0.4 is 4.74 Å². The van der Waals surface area contributed by atoms with Gasteiger partial charge in [0.1, 0.15) is 5.75 Å². The van der Waals surface area contributed by atoms with Crippen LogP contribution in [0.25, 0.3) is 11.4 Å². The quantitative estimate of drug-likeness (QED) is 0.619. The first kappa shape index (κ1) is 17.2. The van der Waals surface area contributed by atoms with Gasteiger partial charge in [-0.25, -0.2) is 4.98 Å². The number of hydrogen-bond donors (Lipinski definition) is 0. The van der Waals surface area contributed by atoms with Crippen molar-refractivity contribution in [1.82, 2.24) is 14.8 Å². The minimum atomic E-state index is -0.0668. The second-order valence-corrected chi connectivity index (χ2v) is 6.32. The number of aromatic nitrogens is 3. The fourth-order valence-corrected chi connectivity index (χ4v) is 3.19. The predicted molar refractivity (Wildman–Crippen MR) is 98.9 cm³/mol. The summed E-state index contributed by atoms with van der Waals surface area (Å²) >= 11 is 1.51. The highest BCUT2D eigenvalue weighted by Gasteiger charge is 2.16. The first-order valence-electron chi connectivity index (χ1n) is 8.02. The molecule has 0 fully saturated rings. The van der Waals surface area contributed by atoms with Crippen molar-refractivity contribution in [3.63, 3.8) is 0 Å². The summed E-state index contributed by atoms with van der Waals surface area (Å²) in [7, 11) is 1.63. The van der Waals surface area contributed by atoms with E-state index < -0.39 is 0 Å². The van der Waals surface area contributed by atoms with E-state index in [0.717, 1.165) is 17.1 Å². The number of thioether (sulfide) groups is 1. The third-order valence-electron chi connectivity index (χ3n) is 3.68. The van der Waals surface area contributed by atoms with Crippen molar-refractivity contribution in [3.05, 3.63) is 60.2 Å². The zero-order valence-electron chi connectivity index (χ0n) is 14.2. The summed E-state index contributed by atoms with van der Waals surface area (Å²) in [6.45, 7) is 1.82. The molecule has 2 aromatic carbocycles. The fraction of sp³-hybridized carbons (Fsp3) is 0.211. The Hall–Kier alpha value is -2.60. The van der Waals surface area contributed by atoms with Gasteiger partial charge in [-0.05, 0) is 29.8 Å². The minimum absolute atomic E-state index is 0.0668. The summed E-state index contributed by atoms with van der Waals surface area (Å²) in [6, 6.07) is 17.6. The summed E-state index contributed by atoms with van der Waals surface area (Å²) in [6.07, 6.45) is 0.379. The normalized spacial score (nSPS) is 10.6. The Morgan fingerprint density at radius 2 is 1.84 bits per heavy atom. The molecule has 25 heavy (non-hydrogen) atoms. The van der Waals surface area contributed by atoms with Gasteiger partial charge < -0.3 is 4.74 Å². The monoisotopic (exact) mass is 353 g/mol. The average molecular weight is 353 g/mol. The molecule has 0 radical (unpaired) electrons. The van der Waals surface area contributed by atoms with E-state index in [0.29, 0.717) is 17.4 Å². The Labute approximate surface area is 151 Å². The number of rotatable bonds is 6. The van der Waals surface area contributed by atoms with Gasteiger partial charge in [0.15, 0.2) is 11.0 Å². The molecule has 0 saturated carbocycles. The fourth-order valence-electron chi connectivity index (χ4n) is 2.29. The molecule has 3 rings (SSSR count). The molecule has 3 aromatic rings. The molecular weight excluding hydrogens is 334 g/mol. The number of carbonyl (C=O) groups excluding carboxylic acids is 1. The zero-order chi connectivity index (χ0) is 17.6. The van der Waals surface area contributed by atoms with E-state index in [-0.39, 0.29) is 5.91 Å². The van der Waals surface area contributed by atoms with Crippen LogP contribution in [0.4, 0.5) is 0 Å². The van der Waals surface area contributed by atoms with Crippen LogP contribution in [0.15, 0.2) is 59.8 Å². The molecule has 1 heterocycles. The number of carbonyl (C=O) groups is 1. The van der Waals surface area contributed by atoms with E-state index >= 15 is 0 Å². The molecule has 0 aliphatic heterocycles. The van der Waals surface area contributed by atoms with E-state index in [2.05, 4.69) is 22.2 Å². The molecule has 0 spiro atoms. The highest BCUT2D eigenvalue weighted by atomic mass is 32.2. The van der Waals surface area contributed by atoms with E-state index in [4.69, 9.17) is 4.74 Å². The smallest absolute Gasteiger partial charge is 0.249 e. The van der Waals surface area contributed by atoms with Crippen molar-refractivity contribution in [2.75, 3.05) is 7.11 Å². The molecule has 0 bridgehead atoms. The molecule has 0 amide bonds. The number of hydrogen-bond acceptors (Lipinski definition) is 5. The molecular formula is C19H19N3O2S. The van der Waals surface area contributed by atoms with Crippen molar-refractivity contribution < 1.29 is 9.53 Å². The van der Waals surface area contributed by atoms with Crippen molar-refractivity contribution in [2.24, 2.45) is 0 Å². The topological polar surface area (TPSA) is 57.0 Å². The van der Waals surface area contributed by atoms with Crippen LogP contribution in [-0.2, 0) is 5.75 Å². The summed E-state index contributed by atoms with van der Waals surface area (Å²) in [5.41, 5.74) is 2.03. The first-order chi connectivity index (χ1) is 12.2. The number of ether oxygens (including phenoxy) is 1. The standard InChI is InChI=1S/C19H19N3O2S/c1-3-17(23)22-19(25-13-14-7-5-4-6-8-14)20-18(21-22)15-9-11-16(24-2)12-10-15/h4-12H,3,13H2,1-2H3. The zero-order valence-corrected chi connectivity index (χ0v) is 15.0. The third-order valence-corrected chi connectivity index (χ3v) is 4.68. The van der Waals surface area contributed by atoms with Crippen molar-refractivity contribution in [3.8, 4) is 17.1 Å². The molecule has 0 aliphatic rings. The van der Waals surface area contributed by atoms with Gasteiger partial charge in [-0.3, -0.25) is 4.79 Å². The van der Waals surface area contributed by atoms with E-state index in [1.54, 1.807) is 7.11 Å². The lowest BCUT2D eigenvalue weighted by Crippen LogP contribution is -2.12. The Bertz CT molecular complexity index is 845. The predicted octanol–water partition coefficient (Wildman–Crippen LogP) is 4.30. The van der Waals surface area contributed by atoms with Gasteiger partial charge in [-0.1, -0.05) is 49.0 Å². The lowest BCUT2D eigenvalue weighted by Gasteiger charge is -2.02. The highest BCUT2D eigenvalue weighted by molar-refractivity contribution is 7.98. The average Bonchev–Trinajstić information content (AvgIpc) is 3.11. The van der Waals surface area contributed by atoms with Gasteiger partial charge in [0, 0.05) is 17.7 Å². The minimum Gasteiger partial charge on any atom is -0.497 e. The van der Waals surface area contributed by atoms with Gasteiger partial charge >= 0.3 is 0 Å². The van der Waals surface area contributed by atoms with E-state index in [1.165, 1.54) is 22.0 Å². The molecule has 0 N–H and O–H groups in total. The van der Waals surface area contributed by atoms with Gasteiger partial charge in [-0.2, -0.15) is 4.68 Å². The number of nitrogens with zero attached hydrogens (tertiary/aromatic N) is 3. The largest absolute Gasteiger partial charge is 0.497 e. The Balaban J connectivity index is 1.87. The number of benzene rings is 2. The lowest BCUT2D eigenvalue weighted by atomic mass is 10.2. The van der Waals surface area contributed by atoms with E-state index in [9.17, 15) is 4.79 Å². The van der Waals surface area contributed by atoms with Gasteiger partial charge in [0.2, 0.25) is 5.91 Å². The number of methoxy groups -OCH3 is 1. The van der Waals surface area contributed by atoms with Crippen LogP contribution >= 0.6 is 11.8 Å². The van der Waals surface area contributed by atoms with Gasteiger partial charge in [0.05, 0.1) is 7.11 Å². The molecule has 128 valence electrons. The molecule has 1 aromatic heterocycles. The van der Waals surface area contributed by atoms with Crippen molar-refractivity contribution in [2.45, 2.75) is 24.3 Å². The van der Waals surface area contributed by atoms with Crippen LogP contribution in [0, 0.1) is 0 Å². The SMILES string of the molecule is CCC(=O)n1nc(-c2ccc(OC)cc2)nc1SCc1ccccc1. The van der Waals surface area contributed by atoms with Gasteiger partial charge in [-0.15, -0.1) is 5.10 Å². The summed E-state index contributed by atoms with van der Waals surface area (Å²) in [4.78, 5) is 16.8. The molecule has 0 aliphatic carbocycles. The van der Waals surface area contributed by atoms with Crippen LogP contribution in [-0.4, -0.2) is 27.8 Å². The van der Waals surface area contributed by atoms with Crippen LogP contribution in [0.5, 0.6) is 5.75 Å². The molecule has 5 nitrogen and oxygen atoms in total. The van der Waals surface area contributed by atoms with Crippen LogP contribution in [0.2, 0.25) is 0 Å². The van der Waals surface area contributed by atoms with Crippen LogP contribution in [0.3, 0.4) is 0 Å². The first-order valence-corrected chi connectivity index (χ1v) is 9.01. The Morgan fingerprint density at radius 3 is 2.48 bits per heavy atom. The maximum Gasteiger partial charge on any atom is 0.249 e. The highest BCUT2D eigenvalue weighted by Crippen LogP contribution is 2.26. The lowest BCUT2D eigenvalue weighted by molar-refractivity contribution is 0.0881. The molecule has 6 heteroatoms. The maximum absolute atomic E-state index is 12.2. The second-order valence-electron chi connectivity index (χ2n) is 5.38. The van der Waals surface area contributed by atoms with Crippen LogP contribution in [0.1, 0.15) is 23.7 Å². The third kappa shape index (κ3) is 4.09. The van der Waals surface area contributed by atoms with E-state index in [1.807, 2.05) is 49.4 Å².